The third kappa shape index (κ3) is 3.00. The van der Waals surface area contributed by atoms with Crippen molar-refractivity contribution in [3.63, 3.8) is 0 Å². The number of carbonyl (C=O) groups is 1. The number of carbonyl (C=O) groups excluding carboxylic acids is 1. The molecule has 1 aromatic heterocycles. The zero-order valence-corrected chi connectivity index (χ0v) is 12.1. The molecule has 0 saturated carbocycles. The molecule has 1 saturated heterocycles. The Morgan fingerprint density at radius 3 is 3.21 bits per heavy atom. The predicted octanol–water partition coefficient (Wildman–Crippen LogP) is 2.43. The molecule has 0 radical (unpaired) electrons. The van der Waals surface area contributed by atoms with Crippen molar-refractivity contribution in [1.29, 1.82) is 0 Å². The summed E-state index contributed by atoms with van der Waals surface area (Å²) in [6, 6.07) is 2.76. The molecule has 2 N–H and O–H groups in total. The second-order valence-electron chi connectivity index (χ2n) is 5.62. The first-order chi connectivity index (χ1) is 9.34. The Balaban J connectivity index is 1.51. The number of hydrogen-bond acceptors (Lipinski definition) is 3. The van der Waals surface area contributed by atoms with Gasteiger partial charge in [-0.05, 0) is 62.1 Å². The van der Waals surface area contributed by atoms with Gasteiger partial charge < -0.3 is 10.6 Å². The van der Waals surface area contributed by atoms with Crippen molar-refractivity contribution in [3.8, 4) is 0 Å². The van der Waals surface area contributed by atoms with Crippen LogP contribution < -0.4 is 10.6 Å². The first-order valence-electron chi connectivity index (χ1n) is 7.42. The van der Waals surface area contributed by atoms with Gasteiger partial charge in [0.25, 0.3) is 0 Å². The van der Waals surface area contributed by atoms with Crippen LogP contribution in [0.15, 0.2) is 11.4 Å². The van der Waals surface area contributed by atoms with E-state index in [1.165, 1.54) is 23.3 Å². The topological polar surface area (TPSA) is 41.1 Å². The molecular formula is C15H22N2OS. The van der Waals surface area contributed by atoms with Crippen molar-refractivity contribution in [2.24, 2.45) is 0 Å². The zero-order valence-electron chi connectivity index (χ0n) is 11.3. The lowest BCUT2D eigenvalue weighted by atomic mass is 9.87. The fraction of sp³-hybridized carbons (Fsp3) is 0.667. The van der Waals surface area contributed by atoms with Crippen LogP contribution in [0, 0.1) is 0 Å². The van der Waals surface area contributed by atoms with Gasteiger partial charge in [0.2, 0.25) is 5.91 Å². The van der Waals surface area contributed by atoms with Crippen LogP contribution in [0.3, 0.4) is 0 Å². The minimum Gasteiger partial charge on any atom is -0.356 e. The summed E-state index contributed by atoms with van der Waals surface area (Å²) in [7, 11) is 0. The Bertz CT molecular complexity index is 437. The van der Waals surface area contributed by atoms with E-state index in [1.807, 2.05) is 0 Å². The van der Waals surface area contributed by atoms with Crippen molar-refractivity contribution >= 4 is 17.2 Å². The molecule has 19 heavy (non-hydrogen) atoms. The molecule has 104 valence electrons. The lowest BCUT2D eigenvalue weighted by molar-refractivity contribution is -0.122. The molecule has 0 spiro atoms. The molecule has 0 aromatic carbocycles. The number of aryl methyl sites for hydroxylation is 1. The lowest BCUT2D eigenvalue weighted by Crippen LogP contribution is -2.34. The summed E-state index contributed by atoms with van der Waals surface area (Å²) in [6.45, 7) is 1.95. The molecule has 4 heteroatoms. The number of hydrogen-bond donors (Lipinski definition) is 2. The van der Waals surface area contributed by atoms with Gasteiger partial charge in [-0.2, -0.15) is 0 Å². The van der Waals surface area contributed by atoms with Gasteiger partial charge in [0, 0.05) is 17.5 Å². The number of thiophene rings is 1. The van der Waals surface area contributed by atoms with E-state index in [1.54, 1.807) is 11.3 Å². The third-order valence-corrected chi connectivity index (χ3v) is 5.32. The van der Waals surface area contributed by atoms with Gasteiger partial charge in [-0.15, -0.1) is 11.3 Å². The Labute approximate surface area is 118 Å². The molecule has 1 aromatic rings. The van der Waals surface area contributed by atoms with Crippen LogP contribution in [-0.2, 0) is 11.2 Å². The summed E-state index contributed by atoms with van der Waals surface area (Å²) < 4.78 is 0. The fourth-order valence-corrected chi connectivity index (χ4v) is 4.24. The van der Waals surface area contributed by atoms with Gasteiger partial charge >= 0.3 is 0 Å². The number of nitrogens with one attached hydrogen (secondary N) is 2. The highest BCUT2D eigenvalue weighted by Crippen LogP contribution is 2.34. The molecule has 1 unspecified atom stereocenters. The SMILES string of the molecule is O=C(NCC[C@@H]1CCCN1)C1CCCc2sccc21. The molecule has 3 rings (SSSR count). The van der Waals surface area contributed by atoms with Gasteiger partial charge in [0.15, 0.2) is 0 Å². The van der Waals surface area contributed by atoms with Crippen molar-refractivity contribution in [3.05, 3.63) is 21.9 Å². The van der Waals surface area contributed by atoms with E-state index < -0.39 is 0 Å². The first-order valence-corrected chi connectivity index (χ1v) is 8.30. The molecular weight excluding hydrogens is 256 g/mol. The Morgan fingerprint density at radius 1 is 1.42 bits per heavy atom. The van der Waals surface area contributed by atoms with Crippen LogP contribution in [0.5, 0.6) is 0 Å². The Kier molecular flexibility index (Phi) is 4.18. The summed E-state index contributed by atoms with van der Waals surface area (Å²) >= 11 is 1.80. The molecule has 1 amide bonds. The van der Waals surface area contributed by atoms with Crippen molar-refractivity contribution in [2.45, 2.75) is 50.5 Å². The smallest absolute Gasteiger partial charge is 0.227 e. The van der Waals surface area contributed by atoms with Gasteiger partial charge in [0.05, 0.1) is 5.92 Å². The Morgan fingerprint density at radius 2 is 2.37 bits per heavy atom. The van der Waals surface area contributed by atoms with E-state index in [9.17, 15) is 4.79 Å². The van der Waals surface area contributed by atoms with Crippen molar-refractivity contribution < 1.29 is 4.79 Å². The zero-order chi connectivity index (χ0) is 13.1. The van der Waals surface area contributed by atoms with Crippen LogP contribution in [0.1, 0.15) is 48.5 Å². The van der Waals surface area contributed by atoms with Gasteiger partial charge in [0.1, 0.15) is 0 Å². The first kappa shape index (κ1) is 13.1. The molecule has 0 bridgehead atoms. The van der Waals surface area contributed by atoms with E-state index in [2.05, 4.69) is 22.1 Å². The molecule has 3 nitrogen and oxygen atoms in total. The summed E-state index contributed by atoms with van der Waals surface area (Å²) in [5.41, 5.74) is 1.28. The Hall–Kier alpha value is -0.870. The molecule has 2 aliphatic rings. The van der Waals surface area contributed by atoms with Crippen LogP contribution in [0.2, 0.25) is 0 Å². The predicted molar refractivity (Wildman–Crippen MR) is 78.6 cm³/mol. The van der Waals surface area contributed by atoms with Crippen molar-refractivity contribution in [2.75, 3.05) is 13.1 Å². The van der Waals surface area contributed by atoms with Gasteiger partial charge in [-0.1, -0.05) is 0 Å². The lowest BCUT2D eigenvalue weighted by Gasteiger charge is -2.22. The monoisotopic (exact) mass is 278 g/mol. The maximum atomic E-state index is 12.3. The van der Waals surface area contributed by atoms with E-state index in [0.29, 0.717) is 6.04 Å². The third-order valence-electron chi connectivity index (χ3n) is 4.32. The number of amides is 1. The van der Waals surface area contributed by atoms with E-state index in [-0.39, 0.29) is 11.8 Å². The summed E-state index contributed by atoms with van der Waals surface area (Å²) in [5.74, 6) is 0.337. The highest BCUT2D eigenvalue weighted by Gasteiger charge is 2.27. The van der Waals surface area contributed by atoms with Crippen LogP contribution >= 0.6 is 11.3 Å². The van der Waals surface area contributed by atoms with E-state index >= 15 is 0 Å². The standard InChI is InChI=1S/C15H22N2OS/c18-15(17-9-6-11-3-2-8-16-11)13-4-1-5-14-12(13)7-10-19-14/h7,10-11,13,16H,1-6,8-9H2,(H,17,18)/t11-,13?/m0/s1. The fourth-order valence-electron chi connectivity index (χ4n) is 3.25. The van der Waals surface area contributed by atoms with E-state index in [0.717, 1.165) is 38.8 Å². The molecule has 1 fully saturated rings. The minimum atomic E-state index is 0.103. The second-order valence-corrected chi connectivity index (χ2v) is 6.62. The highest BCUT2D eigenvalue weighted by molar-refractivity contribution is 7.10. The van der Waals surface area contributed by atoms with Gasteiger partial charge in [-0.3, -0.25) is 4.79 Å². The van der Waals surface area contributed by atoms with Crippen LogP contribution in [-0.4, -0.2) is 25.0 Å². The molecule has 1 aliphatic heterocycles. The number of fused-ring (bicyclic) bond motifs is 1. The molecule has 2 heterocycles. The second kappa shape index (κ2) is 6.06. The average Bonchev–Trinajstić information content (AvgIpc) is 3.08. The summed E-state index contributed by atoms with van der Waals surface area (Å²) in [5, 5.41) is 8.73. The maximum Gasteiger partial charge on any atom is 0.227 e. The quantitative estimate of drug-likeness (QED) is 0.888. The number of rotatable bonds is 4. The van der Waals surface area contributed by atoms with Gasteiger partial charge in [-0.25, -0.2) is 0 Å². The van der Waals surface area contributed by atoms with Crippen molar-refractivity contribution in [1.82, 2.24) is 10.6 Å². The van der Waals surface area contributed by atoms with Crippen LogP contribution in [0.4, 0.5) is 0 Å². The molecule has 2 atom stereocenters. The minimum absolute atomic E-state index is 0.103. The molecule has 1 aliphatic carbocycles. The van der Waals surface area contributed by atoms with E-state index in [4.69, 9.17) is 0 Å². The summed E-state index contributed by atoms with van der Waals surface area (Å²) in [6.07, 6.45) is 6.91. The van der Waals surface area contributed by atoms with Crippen LogP contribution in [0.25, 0.3) is 0 Å². The average molecular weight is 278 g/mol. The highest BCUT2D eigenvalue weighted by atomic mass is 32.1. The maximum absolute atomic E-state index is 12.3. The largest absolute Gasteiger partial charge is 0.356 e. The summed E-state index contributed by atoms with van der Waals surface area (Å²) in [4.78, 5) is 13.7. The normalized spacial score (nSPS) is 26.1.